The molecule has 0 aliphatic heterocycles. The Balaban J connectivity index is 2.17. The number of carbonyl (C=O) groups excluding carboxylic acids is 1. The van der Waals surface area contributed by atoms with Gasteiger partial charge in [0, 0.05) is 6.04 Å². The number of rotatable bonds is 4. The number of hydrogen-bond donors (Lipinski definition) is 1. The van der Waals surface area contributed by atoms with E-state index in [0.717, 1.165) is 12.8 Å². The maximum atomic E-state index is 13.8. The van der Waals surface area contributed by atoms with Crippen LogP contribution < -0.4 is 5.32 Å². The summed E-state index contributed by atoms with van der Waals surface area (Å²) in [6.07, 6.45) is 4.51. The highest BCUT2D eigenvalue weighted by atomic mass is 19.1. The highest BCUT2D eigenvalue weighted by Gasteiger charge is 2.26. The van der Waals surface area contributed by atoms with E-state index in [1.54, 1.807) is 0 Å². The number of anilines is 1. The van der Waals surface area contributed by atoms with Crippen molar-refractivity contribution in [3.05, 3.63) is 29.6 Å². The Kier molecular flexibility index (Phi) is 4.40. The molecule has 104 valence electrons. The minimum atomic E-state index is -0.443. The average Bonchev–Trinajstić information content (AvgIpc) is 2.87. The second-order valence-electron chi connectivity index (χ2n) is 5.04. The van der Waals surface area contributed by atoms with Crippen LogP contribution in [0.4, 0.5) is 10.1 Å². The van der Waals surface area contributed by atoms with E-state index in [9.17, 15) is 9.18 Å². The molecule has 2 rings (SSSR count). The molecular formula is C15H20FNO2. The molecule has 19 heavy (non-hydrogen) atoms. The van der Waals surface area contributed by atoms with Gasteiger partial charge in [-0.2, -0.15) is 0 Å². The molecule has 2 atom stereocenters. The maximum Gasteiger partial charge on any atom is 0.337 e. The van der Waals surface area contributed by atoms with Gasteiger partial charge < -0.3 is 10.1 Å². The Bertz CT molecular complexity index is 461. The first kappa shape index (κ1) is 13.8. The van der Waals surface area contributed by atoms with E-state index in [1.807, 2.05) is 0 Å². The van der Waals surface area contributed by atoms with Crippen molar-refractivity contribution in [3.8, 4) is 0 Å². The highest BCUT2D eigenvalue weighted by molar-refractivity contribution is 5.90. The predicted octanol–water partition coefficient (Wildman–Crippen LogP) is 3.60. The molecule has 0 bridgehead atoms. The first-order valence-corrected chi connectivity index (χ1v) is 6.80. The van der Waals surface area contributed by atoms with E-state index in [2.05, 4.69) is 17.0 Å². The molecular weight excluding hydrogens is 245 g/mol. The SMILES string of the molecule is CCC1CCCC1Nc1cc(C(=O)OC)ccc1F. The Morgan fingerprint density at radius 2 is 2.26 bits per heavy atom. The van der Waals surface area contributed by atoms with E-state index in [-0.39, 0.29) is 5.82 Å². The van der Waals surface area contributed by atoms with Crippen molar-refractivity contribution < 1.29 is 13.9 Å². The zero-order chi connectivity index (χ0) is 13.8. The molecule has 3 nitrogen and oxygen atoms in total. The Hall–Kier alpha value is -1.58. The third-order valence-corrected chi connectivity index (χ3v) is 3.91. The second-order valence-corrected chi connectivity index (χ2v) is 5.04. The molecule has 0 amide bonds. The molecule has 1 aromatic rings. The van der Waals surface area contributed by atoms with Crippen molar-refractivity contribution in [2.45, 2.75) is 38.6 Å². The van der Waals surface area contributed by atoms with E-state index in [0.29, 0.717) is 23.2 Å². The highest BCUT2D eigenvalue weighted by Crippen LogP contribution is 2.31. The van der Waals surface area contributed by atoms with Crippen LogP contribution in [0.1, 0.15) is 43.0 Å². The maximum absolute atomic E-state index is 13.8. The minimum absolute atomic E-state index is 0.299. The fourth-order valence-electron chi connectivity index (χ4n) is 2.80. The Labute approximate surface area is 113 Å². The van der Waals surface area contributed by atoms with Gasteiger partial charge in [0.15, 0.2) is 0 Å². The summed E-state index contributed by atoms with van der Waals surface area (Å²) in [4.78, 5) is 11.5. The van der Waals surface area contributed by atoms with Crippen molar-refractivity contribution in [3.63, 3.8) is 0 Å². The molecule has 1 N–H and O–H groups in total. The van der Waals surface area contributed by atoms with E-state index >= 15 is 0 Å². The van der Waals surface area contributed by atoms with Gasteiger partial charge in [-0.15, -0.1) is 0 Å². The fourth-order valence-corrected chi connectivity index (χ4v) is 2.80. The van der Waals surface area contributed by atoms with Crippen molar-refractivity contribution in [2.75, 3.05) is 12.4 Å². The summed E-state index contributed by atoms with van der Waals surface area (Å²) in [5, 5.41) is 3.25. The summed E-state index contributed by atoms with van der Waals surface area (Å²) in [7, 11) is 1.32. The van der Waals surface area contributed by atoms with Gasteiger partial charge in [-0.1, -0.05) is 19.8 Å². The molecule has 1 aliphatic rings. The number of methoxy groups -OCH3 is 1. The third kappa shape index (κ3) is 3.06. The van der Waals surface area contributed by atoms with Gasteiger partial charge in [-0.3, -0.25) is 0 Å². The summed E-state index contributed by atoms with van der Waals surface area (Å²) in [6, 6.07) is 4.59. The molecule has 1 fully saturated rings. The normalized spacial score (nSPS) is 22.3. The number of benzene rings is 1. The number of nitrogens with one attached hydrogen (secondary N) is 1. The lowest BCUT2D eigenvalue weighted by Gasteiger charge is -2.21. The van der Waals surface area contributed by atoms with Crippen molar-refractivity contribution >= 4 is 11.7 Å². The van der Waals surface area contributed by atoms with Crippen LogP contribution in [0.15, 0.2) is 18.2 Å². The van der Waals surface area contributed by atoms with Gasteiger partial charge in [0.2, 0.25) is 0 Å². The first-order chi connectivity index (χ1) is 9.15. The minimum Gasteiger partial charge on any atom is -0.465 e. The lowest BCUT2D eigenvalue weighted by Crippen LogP contribution is -2.24. The number of ether oxygens (including phenoxy) is 1. The van der Waals surface area contributed by atoms with Gasteiger partial charge >= 0.3 is 5.97 Å². The summed E-state index contributed by atoms with van der Waals surface area (Å²) in [6.45, 7) is 2.16. The summed E-state index contributed by atoms with van der Waals surface area (Å²) in [5.41, 5.74) is 0.769. The second kappa shape index (κ2) is 6.04. The predicted molar refractivity (Wildman–Crippen MR) is 72.8 cm³/mol. The average molecular weight is 265 g/mol. The third-order valence-electron chi connectivity index (χ3n) is 3.91. The van der Waals surface area contributed by atoms with Crippen molar-refractivity contribution in [1.29, 1.82) is 0 Å². The van der Waals surface area contributed by atoms with Crippen molar-refractivity contribution in [2.24, 2.45) is 5.92 Å². The quantitative estimate of drug-likeness (QED) is 0.845. The van der Waals surface area contributed by atoms with Crippen LogP contribution in [0, 0.1) is 11.7 Å². The van der Waals surface area contributed by atoms with Crippen LogP contribution in [0.2, 0.25) is 0 Å². The lowest BCUT2D eigenvalue weighted by molar-refractivity contribution is 0.0600. The van der Waals surface area contributed by atoms with Crippen LogP contribution >= 0.6 is 0 Å². The molecule has 2 unspecified atom stereocenters. The smallest absolute Gasteiger partial charge is 0.337 e. The van der Waals surface area contributed by atoms with Gasteiger partial charge in [0.05, 0.1) is 18.4 Å². The number of esters is 1. The fraction of sp³-hybridized carbons (Fsp3) is 0.533. The van der Waals surface area contributed by atoms with Crippen LogP contribution in [-0.2, 0) is 4.74 Å². The Morgan fingerprint density at radius 3 is 2.95 bits per heavy atom. The zero-order valence-electron chi connectivity index (χ0n) is 11.4. The zero-order valence-corrected chi connectivity index (χ0v) is 11.4. The molecule has 4 heteroatoms. The van der Waals surface area contributed by atoms with E-state index in [1.165, 1.54) is 38.2 Å². The lowest BCUT2D eigenvalue weighted by atomic mass is 10.0. The summed E-state index contributed by atoms with van der Waals surface area (Å²) < 4.78 is 18.5. The van der Waals surface area contributed by atoms with Gasteiger partial charge in [-0.05, 0) is 37.0 Å². The topological polar surface area (TPSA) is 38.3 Å². The number of carbonyl (C=O) groups is 1. The van der Waals surface area contributed by atoms with Gasteiger partial charge in [0.1, 0.15) is 5.82 Å². The number of hydrogen-bond acceptors (Lipinski definition) is 3. The van der Waals surface area contributed by atoms with Gasteiger partial charge in [0.25, 0.3) is 0 Å². The summed E-state index contributed by atoms with van der Waals surface area (Å²) >= 11 is 0. The standard InChI is InChI=1S/C15H20FNO2/c1-3-10-5-4-6-13(10)17-14-9-11(15(18)19-2)7-8-12(14)16/h7-10,13,17H,3-6H2,1-2H3. The molecule has 1 aromatic carbocycles. The summed E-state index contributed by atoms with van der Waals surface area (Å²) in [5.74, 6) is -0.183. The molecule has 1 saturated carbocycles. The Morgan fingerprint density at radius 1 is 1.47 bits per heavy atom. The van der Waals surface area contributed by atoms with Crippen molar-refractivity contribution in [1.82, 2.24) is 0 Å². The van der Waals surface area contributed by atoms with Crippen LogP contribution in [0.5, 0.6) is 0 Å². The van der Waals surface area contributed by atoms with Crippen LogP contribution in [0.25, 0.3) is 0 Å². The van der Waals surface area contributed by atoms with E-state index < -0.39 is 5.97 Å². The van der Waals surface area contributed by atoms with Crippen LogP contribution in [-0.4, -0.2) is 19.1 Å². The monoisotopic (exact) mass is 265 g/mol. The molecule has 0 spiro atoms. The van der Waals surface area contributed by atoms with Gasteiger partial charge in [-0.25, -0.2) is 9.18 Å². The molecule has 0 heterocycles. The number of halogens is 1. The van der Waals surface area contributed by atoms with Crippen LogP contribution in [0.3, 0.4) is 0 Å². The molecule has 1 aliphatic carbocycles. The molecule has 0 radical (unpaired) electrons. The largest absolute Gasteiger partial charge is 0.465 e. The van der Waals surface area contributed by atoms with E-state index in [4.69, 9.17) is 0 Å². The molecule has 0 saturated heterocycles. The first-order valence-electron chi connectivity index (χ1n) is 6.80. The molecule has 0 aromatic heterocycles.